The minimum atomic E-state index is -0.503. The first-order valence-corrected chi connectivity index (χ1v) is 7.70. The average molecular weight is 310 g/mol. The number of nitrogens with one attached hydrogen (secondary N) is 1. The Labute approximate surface area is 135 Å². The van der Waals surface area contributed by atoms with Gasteiger partial charge in [0, 0.05) is 22.6 Å². The Balaban J connectivity index is 2.19. The third-order valence-electron chi connectivity index (χ3n) is 4.53. The smallest absolute Gasteiger partial charge is 0.299 e. The van der Waals surface area contributed by atoms with Crippen LogP contribution in [0.15, 0.2) is 36.4 Å². The molecule has 4 heteroatoms. The first-order valence-electron chi connectivity index (χ1n) is 7.70. The van der Waals surface area contributed by atoms with Gasteiger partial charge in [-0.05, 0) is 42.9 Å². The average Bonchev–Trinajstić information content (AvgIpc) is 2.91. The number of alkyl halides is 1. The highest BCUT2D eigenvalue weighted by atomic mass is 19.1. The minimum absolute atomic E-state index is 0.0633. The van der Waals surface area contributed by atoms with Crippen molar-refractivity contribution < 1.29 is 9.18 Å². The number of benzene rings is 1. The predicted octanol–water partition coefficient (Wildman–Crippen LogP) is 3.53. The molecule has 1 aliphatic heterocycles. The lowest BCUT2D eigenvalue weighted by atomic mass is 9.88. The van der Waals surface area contributed by atoms with Gasteiger partial charge in [0.05, 0.1) is 12.7 Å². The van der Waals surface area contributed by atoms with E-state index in [2.05, 4.69) is 23.5 Å². The summed E-state index contributed by atoms with van der Waals surface area (Å²) < 4.78 is 12.9. The van der Waals surface area contributed by atoms with Crippen molar-refractivity contribution in [1.82, 2.24) is 9.88 Å². The molecule has 0 radical (unpaired) electrons. The third-order valence-corrected chi connectivity index (χ3v) is 4.53. The van der Waals surface area contributed by atoms with Crippen molar-refractivity contribution in [3.63, 3.8) is 0 Å². The Kier molecular flexibility index (Phi) is 3.96. The van der Waals surface area contributed by atoms with Gasteiger partial charge in [-0.25, -0.2) is 0 Å². The van der Waals surface area contributed by atoms with Crippen molar-refractivity contribution >= 4 is 16.8 Å². The molecular weight excluding hydrogens is 291 g/mol. The molecule has 0 fully saturated rings. The molecule has 0 aliphatic carbocycles. The van der Waals surface area contributed by atoms with Crippen LogP contribution >= 0.6 is 0 Å². The fraction of sp³-hybridized carbons (Fsp3) is 0.316. The summed E-state index contributed by atoms with van der Waals surface area (Å²) in [6.07, 6.45) is 6.26. The zero-order valence-electron chi connectivity index (χ0n) is 13.1. The van der Waals surface area contributed by atoms with Crippen LogP contribution in [0.1, 0.15) is 30.6 Å². The van der Waals surface area contributed by atoms with E-state index in [-0.39, 0.29) is 18.4 Å². The van der Waals surface area contributed by atoms with E-state index in [4.69, 9.17) is 6.42 Å². The van der Waals surface area contributed by atoms with Crippen molar-refractivity contribution in [1.29, 1.82) is 0 Å². The Bertz CT molecular complexity index is 814. The SMILES string of the molecule is C#CC(=O)N1[C@@H](C)Cc2c([nH]c3ccccc23)[C@@H]1C(=C)CCF. The van der Waals surface area contributed by atoms with Crippen molar-refractivity contribution in [3.05, 3.63) is 47.7 Å². The van der Waals surface area contributed by atoms with Gasteiger partial charge in [0.2, 0.25) is 0 Å². The second kappa shape index (κ2) is 5.92. The van der Waals surface area contributed by atoms with Crippen LogP contribution in [0.4, 0.5) is 4.39 Å². The number of fused-ring (bicyclic) bond motifs is 3. The van der Waals surface area contributed by atoms with E-state index in [0.29, 0.717) is 12.0 Å². The maximum absolute atomic E-state index is 12.9. The summed E-state index contributed by atoms with van der Waals surface area (Å²) in [4.78, 5) is 17.3. The lowest BCUT2D eigenvalue weighted by Gasteiger charge is -2.40. The van der Waals surface area contributed by atoms with Gasteiger partial charge in [-0.2, -0.15) is 0 Å². The summed E-state index contributed by atoms with van der Waals surface area (Å²) in [6, 6.07) is 7.55. The fourth-order valence-corrected chi connectivity index (χ4v) is 3.51. The molecule has 0 bridgehead atoms. The lowest BCUT2D eigenvalue weighted by molar-refractivity contribution is -0.129. The molecule has 0 unspecified atom stereocenters. The molecule has 3 rings (SSSR count). The van der Waals surface area contributed by atoms with Gasteiger partial charge in [0.15, 0.2) is 0 Å². The van der Waals surface area contributed by atoms with E-state index in [1.165, 1.54) is 5.56 Å². The van der Waals surface area contributed by atoms with E-state index >= 15 is 0 Å². The van der Waals surface area contributed by atoms with Crippen LogP contribution in [0, 0.1) is 12.3 Å². The van der Waals surface area contributed by atoms with Gasteiger partial charge in [-0.3, -0.25) is 9.18 Å². The van der Waals surface area contributed by atoms with E-state index < -0.39 is 12.7 Å². The Morgan fingerprint density at radius 1 is 1.52 bits per heavy atom. The molecule has 1 aromatic carbocycles. The quantitative estimate of drug-likeness (QED) is 0.683. The first-order chi connectivity index (χ1) is 11.1. The molecule has 0 spiro atoms. The number of nitrogens with zero attached hydrogens (tertiary/aromatic N) is 1. The largest absolute Gasteiger partial charge is 0.356 e. The molecule has 1 aliphatic rings. The zero-order chi connectivity index (χ0) is 16.6. The number of hydrogen-bond acceptors (Lipinski definition) is 1. The van der Waals surface area contributed by atoms with Gasteiger partial charge in [0.1, 0.15) is 0 Å². The fourth-order valence-electron chi connectivity index (χ4n) is 3.51. The number of carbonyl (C=O) groups is 1. The Hall–Kier alpha value is -2.54. The first kappa shape index (κ1) is 15.4. The van der Waals surface area contributed by atoms with E-state index in [1.54, 1.807) is 4.90 Å². The van der Waals surface area contributed by atoms with Crippen molar-refractivity contribution in [2.24, 2.45) is 0 Å². The van der Waals surface area contributed by atoms with E-state index in [1.807, 2.05) is 25.1 Å². The Morgan fingerprint density at radius 3 is 2.96 bits per heavy atom. The summed E-state index contributed by atoms with van der Waals surface area (Å²) in [6.45, 7) is 5.48. The van der Waals surface area contributed by atoms with Crippen LogP contribution in [0.3, 0.4) is 0 Å². The second-order valence-corrected chi connectivity index (χ2v) is 5.97. The maximum atomic E-state index is 12.9. The van der Waals surface area contributed by atoms with E-state index in [9.17, 15) is 9.18 Å². The zero-order valence-corrected chi connectivity index (χ0v) is 13.1. The Morgan fingerprint density at radius 2 is 2.26 bits per heavy atom. The number of carbonyl (C=O) groups excluding carboxylic acids is 1. The second-order valence-electron chi connectivity index (χ2n) is 5.97. The van der Waals surface area contributed by atoms with Gasteiger partial charge in [0.25, 0.3) is 5.91 Å². The lowest BCUT2D eigenvalue weighted by Crippen LogP contribution is -2.46. The molecule has 118 valence electrons. The summed E-state index contributed by atoms with van der Waals surface area (Å²) in [5, 5.41) is 1.14. The third kappa shape index (κ3) is 2.43. The van der Waals surface area contributed by atoms with Crippen molar-refractivity contribution in [2.45, 2.75) is 31.8 Å². The molecule has 23 heavy (non-hydrogen) atoms. The van der Waals surface area contributed by atoms with Gasteiger partial charge < -0.3 is 9.88 Å². The monoisotopic (exact) mass is 310 g/mol. The molecule has 2 heterocycles. The molecule has 1 amide bonds. The highest BCUT2D eigenvalue weighted by Crippen LogP contribution is 2.41. The van der Waals surface area contributed by atoms with Crippen LogP contribution < -0.4 is 0 Å². The summed E-state index contributed by atoms with van der Waals surface area (Å²) in [5.74, 6) is 1.81. The number of aromatic amines is 1. The molecule has 1 aromatic heterocycles. The molecule has 1 N–H and O–H groups in total. The number of aromatic nitrogens is 1. The molecular formula is C19H19FN2O. The number of hydrogen-bond donors (Lipinski definition) is 1. The number of halogens is 1. The highest BCUT2D eigenvalue weighted by molar-refractivity contribution is 5.94. The van der Waals surface area contributed by atoms with Crippen LogP contribution in [0.25, 0.3) is 10.9 Å². The minimum Gasteiger partial charge on any atom is -0.356 e. The van der Waals surface area contributed by atoms with Gasteiger partial charge in [-0.1, -0.05) is 24.8 Å². The molecule has 2 aromatic rings. The van der Waals surface area contributed by atoms with Crippen LogP contribution in [0.2, 0.25) is 0 Å². The van der Waals surface area contributed by atoms with Gasteiger partial charge in [-0.15, -0.1) is 6.42 Å². The molecule has 0 saturated heterocycles. The standard InChI is InChI=1S/C19H19FN2O/c1-4-17(23)22-13(3)11-15-14-7-5-6-8-16(14)21-18(15)19(22)12(2)9-10-20/h1,5-8,13,19,21H,2,9-11H2,3H3/t13-,19-/m0/s1. The number of para-hydroxylation sites is 1. The summed E-state index contributed by atoms with van der Waals surface area (Å²) in [5.41, 5.74) is 3.75. The number of rotatable bonds is 3. The summed E-state index contributed by atoms with van der Waals surface area (Å²) >= 11 is 0. The normalized spacial score (nSPS) is 20.1. The number of terminal acetylenes is 1. The topological polar surface area (TPSA) is 36.1 Å². The van der Waals surface area contributed by atoms with Crippen LogP contribution in [0.5, 0.6) is 0 Å². The van der Waals surface area contributed by atoms with Crippen molar-refractivity contribution in [3.8, 4) is 12.3 Å². The maximum Gasteiger partial charge on any atom is 0.299 e. The van der Waals surface area contributed by atoms with E-state index in [0.717, 1.165) is 16.6 Å². The molecule has 3 nitrogen and oxygen atoms in total. The molecule has 2 atom stereocenters. The van der Waals surface area contributed by atoms with Crippen molar-refractivity contribution in [2.75, 3.05) is 6.67 Å². The van der Waals surface area contributed by atoms with Gasteiger partial charge >= 0.3 is 0 Å². The molecule has 0 saturated carbocycles. The number of amides is 1. The van der Waals surface area contributed by atoms with Crippen LogP contribution in [-0.4, -0.2) is 28.5 Å². The number of H-pyrrole nitrogens is 1. The highest BCUT2D eigenvalue weighted by Gasteiger charge is 2.38. The summed E-state index contributed by atoms with van der Waals surface area (Å²) in [7, 11) is 0. The predicted molar refractivity (Wildman–Crippen MR) is 89.6 cm³/mol. The van der Waals surface area contributed by atoms with Crippen LogP contribution in [-0.2, 0) is 11.2 Å².